The zero-order valence-electron chi connectivity index (χ0n) is 10.5. The Kier molecular flexibility index (Phi) is 4.79. The first-order valence-electron chi connectivity index (χ1n) is 6.28. The molecule has 0 saturated carbocycles. The Balaban J connectivity index is 2.30. The fourth-order valence-corrected chi connectivity index (χ4v) is 2.65. The lowest BCUT2D eigenvalue weighted by molar-refractivity contribution is 0.257. The Bertz CT molecular complexity index is 459. The lowest BCUT2D eigenvalue weighted by Gasteiger charge is -2.30. The van der Waals surface area contributed by atoms with E-state index in [9.17, 15) is 8.78 Å². The largest absolute Gasteiger partial charge is 0.392 e. The second-order valence-electron chi connectivity index (χ2n) is 4.61. The minimum atomic E-state index is -0.602. The van der Waals surface area contributed by atoms with Crippen LogP contribution in [0.25, 0.3) is 0 Å². The first-order valence-corrected chi connectivity index (χ1v) is 6.69. The molecule has 1 atom stereocenters. The lowest BCUT2D eigenvalue weighted by Crippen LogP contribution is -2.39. The van der Waals surface area contributed by atoms with E-state index in [0.29, 0.717) is 5.56 Å². The van der Waals surface area contributed by atoms with Crippen LogP contribution >= 0.6 is 12.2 Å². The fraction of sp³-hybridized carbons (Fsp3) is 0.462. The van der Waals surface area contributed by atoms with Crippen molar-refractivity contribution in [1.82, 2.24) is 10.2 Å². The summed E-state index contributed by atoms with van der Waals surface area (Å²) in [5.41, 5.74) is 6.11. The fourth-order valence-electron chi connectivity index (χ4n) is 2.38. The monoisotopic (exact) mass is 285 g/mol. The molecule has 0 amide bonds. The summed E-state index contributed by atoms with van der Waals surface area (Å²) >= 11 is 5.07. The van der Waals surface area contributed by atoms with Gasteiger partial charge in [-0.05, 0) is 19.0 Å². The van der Waals surface area contributed by atoms with Gasteiger partial charge in [-0.15, -0.1) is 0 Å². The van der Waals surface area contributed by atoms with Crippen LogP contribution in [0.1, 0.15) is 18.0 Å². The maximum Gasteiger partial charge on any atom is 0.131 e. The van der Waals surface area contributed by atoms with Gasteiger partial charge in [-0.25, -0.2) is 8.78 Å². The molecule has 19 heavy (non-hydrogen) atoms. The molecule has 1 heterocycles. The van der Waals surface area contributed by atoms with E-state index in [4.69, 9.17) is 18.0 Å². The van der Waals surface area contributed by atoms with Gasteiger partial charge in [-0.3, -0.25) is 4.90 Å². The van der Waals surface area contributed by atoms with E-state index in [2.05, 4.69) is 5.32 Å². The molecule has 0 radical (unpaired) electrons. The van der Waals surface area contributed by atoms with Crippen molar-refractivity contribution in [3.05, 3.63) is 35.4 Å². The molecule has 1 fully saturated rings. The number of benzene rings is 1. The minimum absolute atomic E-state index is 0.215. The first kappa shape index (κ1) is 14.3. The quantitative estimate of drug-likeness (QED) is 0.828. The van der Waals surface area contributed by atoms with E-state index in [1.54, 1.807) is 0 Å². The summed E-state index contributed by atoms with van der Waals surface area (Å²) in [6.07, 6.45) is 0.946. The summed E-state index contributed by atoms with van der Waals surface area (Å²) in [5, 5.41) is 3.27. The van der Waals surface area contributed by atoms with Crippen molar-refractivity contribution in [2.24, 2.45) is 5.73 Å². The molecule has 104 valence electrons. The van der Waals surface area contributed by atoms with Crippen LogP contribution in [0, 0.1) is 11.6 Å². The summed E-state index contributed by atoms with van der Waals surface area (Å²) in [7, 11) is 0. The van der Waals surface area contributed by atoms with Crippen molar-refractivity contribution in [3.8, 4) is 0 Å². The molecule has 1 aromatic carbocycles. The zero-order valence-corrected chi connectivity index (χ0v) is 11.4. The summed E-state index contributed by atoms with van der Waals surface area (Å²) in [4.78, 5) is 2.26. The van der Waals surface area contributed by atoms with Crippen molar-refractivity contribution < 1.29 is 8.78 Å². The normalized spacial score (nSPS) is 18.8. The van der Waals surface area contributed by atoms with Crippen LogP contribution in [-0.4, -0.2) is 36.1 Å². The summed E-state index contributed by atoms with van der Waals surface area (Å²) < 4.78 is 26.9. The van der Waals surface area contributed by atoms with Crippen LogP contribution in [0.15, 0.2) is 18.2 Å². The molecule has 1 aliphatic rings. The summed E-state index contributed by atoms with van der Waals surface area (Å²) in [5.74, 6) is -1.20. The molecule has 0 aliphatic carbocycles. The third kappa shape index (κ3) is 3.46. The smallest absolute Gasteiger partial charge is 0.131 e. The third-order valence-corrected chi connectivity index (χ3v) is 3.49. The molecule has 0 bridgehead atoms. The highest BCUT2D eigenvalue weighted by atomic mass is 32.1. The second-order valence-corrected chi connectivity index (χ2v) is 5.08. The summed E-state index contributed by atoms with van der Waals surface area (Å²) in [6, 6.07) is 3.05. The Hall–Kier alpha value is -1.11. The number of nitrogens with two attached hydrogens (primary N) is 1. The van der Waals surface area contributed by atoms with Crippen molar-refractivity contribution in [3.63, 3.8) is 0 Å². The van der Waals surface area contributed by atoms with Gasteiger partial charge in [0.05, 0.1) is 11.0 Å². The van der Waals surface area contributed by atoms with Gasteiger partial charge in [0.25, 0.3) is 0 Å². The van der Waals surface area contributed by atoms with E-state index < -0.39 is 17.7 Å². The Labute approximate surface area is 116 Å². The van der Waals surface area contributed by atoms with Gasteiger partial charge in [-0.1, -0.05) is 18.3 Å². The predicted molar refractivity (Wildman–Crippen MR) is 74.9 cm³/mol. The summed E-state index contributed by atoms with van der Waals surface area (Å²) in [6.45, 7) is 3.25. The zero-order chi connectivity index (χ0) is 13.8. The van der Waals surface area contributed by atoms with E-state index in [1.807, 2.05) is 4.90 Å². The molecule has 1 saturated heterocycles. The predicted octanol–water partition coefficient (Wildman–Crippen LogP) is 1.59. The Morgan fingerprint density at radius 2 is 2.11 bits per heavy atom. The van der Waals surface area contributed by atoms with Gasteiger partial charge in [-0.2, -0.15) is 0 Å². The van der Waals surface area contributed by atoms with Gasteiger partial charge >= 0.3 is 0 Å². The molecule has 1 aromatic rings. The Morgan fingerprint density at radius 3 is 2.79 bits per heavy atom. The van der Waals surface area contributed by atoms with Gasteiger partial charge in [0.15, 0.2) is 0 Å². The number of halogens is 2. The molecule has 3 N–H and O–H groups in total. The highest BCUT2D eigenvalue weighted by Crippen LogP contribution is 2.25. The van der Waals surface area contributed by atoms with Crippen LogP contribution in [0.5, 0.6) is 0 Å². The number of nitrogens with one attached hydrogen (secondary N) is 1. The molecule has 0 spiro atoms. The second kappa shape index (κ2) is 6.36. The maximum atomic E-state index is 13.9. The van der Waals surface area contributed by atoms with Crippen LogP contribution in [-0.2, 0) is 0 Å². The minimum Gasteiger partial charge on any atom is -0.392 e. The third-order valence-electron chi connectivity index (χ3n) is 3.27. The molecule has 1 aliphatic heterocycles. The van der Waals surface area contributed by atoms with E-state index in [0.717, 1.165) is 38.7 Å². The number of hydrogen-bond donors (Lipinski definition) is 2. The SMILES string of the molecule is NC(=S)C(c1ccc(F)cc1F)N1CCCNCC1. The number of thiocarbonyl (C=S) groups is 1. The molecule has 3 nitrogen and oxygen atoms in total. The average molecular weight is 285 g/mol. The highest BCUT2D eigenvalue weighted by molar-refractivity contribution is 7.80. The van der Waals surface area contributed by atoms with Crippen molar-refractivity contribution in [1.29, 1.82) is 0 Å². The van der Waals surface area contributed by atoms with Gasteiger partial charge in [0, 0.05) is 31.3 Å². The lowest BCUT2D eigenvalue weighted by atomic mass is 10.0. The van der Waals surface area contributed by atoms with Crippen LogP contribution in [0.4, 0.5) is 8.78 Å². The van der Waals surface area contributed by atoms with Crippen molar-refractivity contribution in [2.75, 3.05) is 26.2 Å². The van der Waals surface area contributed by atoms with E-state index in [1.165, 1.54) is 12.1 Å². The van der Waals surface area contributed by atoms with Crippen LogP contribution in [0.2, 0.25) is 0 Å². The number of nitrogens with zero attached hydrogens (tertiary/aromatic N) is 1. The molecule has 1 unspecified atom stereocenters. The molecule has 6 heteroatoms. The topological polar surface area (TPSA) is 41.3 Å². The molecular formula is C13H17F2N3S. The van der Waals surface area contributed by atoms with Gasteiger partial charge in [0.1, 0.15) is 11.6 Å². The van der Waals surface area contributed by atoms with Crippen LogP contribution < -0.4 is 11.1 Å². The number of hydrogen-bond acceptors (Lipinski definition) is 3. The molecule has 2 rings (SSSR count). The van der Waals surface area contributed by atoms with Crippen molar-refractivity contribution in [2.45, 2.75) is 12.5 Å². The molecular weight excluding hydrogens is 268 g/mol. The number of rotatable bonds is 3. The van der Waals surface area contributed by atoms with Crippen molar-refractivity contribution >= 4 is 17.2 Å². The standard InChI is InChI=1S/C13H17F2N3S/c14-9-2-3-10(11(15)8-9)12(13(16)19)18-6-1-4-17-5-7-18/h2-3,8,12,17H,1,4-7H2,(H2,16,19). The maximum absolute atomic E-state index is 13.9. The Morgan fingerprint density at radius 1 is 1.32 bits per heavy atom. The molecule has 0 aromatic heterocycles. The average Bonchev–Trinajstić information content (AvgIpc) is 2.61. The van der Waals surface area contributed by atoms with E-state index in [-0.39, 0.29) is 4.99 Å². The van der Waals surface area contributed by atoms with Gasteiger partial charge in [0.2, 0.25) is 0 Å². The highest BCUT2D eigenvalue weighted by Gasteiger charge is 2.26. The van der Waals surface area contributed by atoms with E-state index >= 15 is 0 Å². The van der Waals surface area contributed by atoms with Crippen LogP contribution in [0.3, 0.4) is 0 Å². The first-order chi connectivity index (χ1) is 9.09. The van der Waals surface area contributed by atoms with Gasteiger partial charge < -0.3 is 11.1 Å².